The van der Waals surface area contributed by atoms with Gasteiger partial charge in [-0.25, -0.2) is 0 Å². The van der Waals surface area contributed by atoms with Gasteiger partial charge in [0.15, 0.2) is 0 Å². The molecule has 0 fully saturated rings. The fourth-order valence-electron chi connectivity index (χ4n) is 2.88. The molecule has 22 heavy (non-hydrogen) atoms. The third-order valence-electron chi connectivity index (χ3n) is 4.26. The van der Waals surface area contributed by atoms with Crippen LogP contribution in [-0.2, 0) is 0 Å². The molecule has 1 nitrogen and oxygen atoms in total. The van der Waals surface area contributed by atoms with Gasteiger partial charge >= 0.3 is 1.43 Å². The fraction of sp³-hybridized carbons (Fsp3) is 0.476. The van der Waals surface area contributed by atoms with Crippen molar-refractivity contribution >= 4 is 6.21 Å². The maximum absolute atomic E-state index is 3.95. The van der Waals surface area contributed by atoms with Crippen molar-refractivity contribution in [1.82, 2.24) is 0 Å². The lowest BCUT2D eigenvalue weighted by molar-refractivity contribution is 0.377. The zero-order valence-corrected chi connectivity index (χ0v) is 15.1. The van der Waals surface area contributed by atoms with Crippen molar-refractivity contribution < 1.29 is 1.43 Å². The molecule has 1 aliphatic carbocycles. The number of aliphatic imine (C=N–C) groups is 1. The maximum atomic E-state index is 3.95. The Morgan fingerprint density at radius 3 is 2.45 bits per heavy atom. The lowest BCUT2D eigenvalue weighted by Gasteiger charge is -2.32. The zero-order chi connectivity index (χ0) is 16.6. The molecule has 0 aliphatic heterocycles. The Kier molecular flexibility index (Phi) is 7.31. The predicted molar refractivity (Wildman–Crippen MR) is 102 cm³/mol. The summed E-state index contributed by atoms with van der Waals surface area (Å²) in [7, 11) is 1.78. The van der Waals surface area contributed by atoms with Crippen molar-refractivity contribution in [3.63, 3.8) is 0 Å². The molecule has 0 aromatic rings. The minimum absolute atomic E-state index is 0. The van der Waals surface area contributed by atoms with Crippen LogP contribution < -0.4 is 0 Å². The summed E-state index contributed by atoms with van der Waals surface area (Å²) in [6.07, 6.45) is 18.6. The molecule has 0 bridgehead atoms. The Morgan fingerprint density at radius 1 is 1.14 bits per heavy atom. The molecule has 1 aliphatic rings. The molecule has 0 aromatic carbocycles. The van der Waals surface area contributed by atoms with Crippen molar-refractivity contribution in [2.24, 2.45) is 10.4 Å². The molecule has 0 unspecified atom stereocenters. The molecular formula is C21H32N+. The summed E-state index contributed by atoms with van der Waals surface area (Å²) in [5.41, 5.74) is 5.85. The van der Waals surface area contributed by atoms with Crippen LogP contribution >= 0.6 is 0 Å². The number of hydrogen-bond acceptors (Lipinski definition) is 1. The quantitative estimate of drug-likeness (QED) is 0.415. The summed E-state index contributed by atoms with van der Waals surface area (Å²) in [4.78, 5) is 3.95. The zero-order valence-electron chi connectivity index (χ0n) is 16.1. The third kappa shape index (κ3) is 6.01. The van der Waals surface area contributed by atoms with Gasteiger partial charge in [0.2, 0.25) is 0 Å². The van der Waals surface area contributed by atoms with E-state index in [1.165, 1.54) is 36.0 Å². The van der Waals surface area contributed by atoms with Gasteiger partial charge in [0.05, 0.1) is 0 Å². The van der Waals surface area contributed by atoms with E-state index in [4.69, 9.17) is 0 Å². The van der Waals surface area contributed by atoms with Crippen molar-refractivity contribution in [1.29, 1.82) is 0 Å². The number of nitrogens with zero attached hydrogens (tertiary/aromatic N) is 1. The third-order valence-corrected chi connectivity index (χ3v) is 4.26. The van der Waals surface area contributed by atoms with Crippen LogP contribution in [0, 0.1) is 5.41 Å². The van der Waals surface area contributed by atoms with Gasteiger partial charge in [-0.05, 0) is 62.7 Å². The molecule has 0 amide bonds. The van der Waals surface area contributed by atoms with E-state index in [-0.39, 0.29) is 1.43 Å². The summed E-state index contributed by atoms with van der Waals surface area (Å²) in [6.45, 7) is 11.2. The molecular weight excluding hydrogens is 266 g/mol. The van der Waals surface area contributed by atoms with Crippen LogP contribution in [0.5, 0.6) is 0 Å². The lowest BCUT2D eigenvalue weighted by Crippen LogP contribution is -2.19. The molecule has 1 heteroatoms. The summed E-state index contributed by atoms with van der Waals surface area (Å²) in [5.74, 6) is 0. The summed E-state index contributed by atoms with van der Waals surface area (Å²) >= 11 is 0. The molecule has 0 aromatic heterocycles. The van der Waals surface area contributed by atoms with E-state index < -0.39 is 0 Å². The van der Waals surface area contributed by atoms with Gasteiger partial charge in [0.25, 0.3) is 0 Å². The van der Waals surface area contributed by atoms with Gasteiger partial charge in [-0.3, -0.25) is 4.99 Å². The average molecular weight is 298 g/mol. The first-order valence-corrected chi connectivity index (χ1v) is 8.19. The van der Waals surface area contributed by atoms with Crippen LogP contribution in [0.15, 0.2) is 63.7 Å². The second kappa shape index (κ2) is 8.73. The molecule has 120 valence electrons. The molecule has 0 spiro atoms. The van der Waals surface area contributed by atoms with Gasteiger partial charge in [-0.1, -0.05) is 55.4 Å². The second-order valence-electron chi connectivity index (χ2n) is 6.85. The van der Waals surface area contributed by atoms with Crippen LogP contribution in [-0.4, -0.2) is 13.3 Å². The van der Waals surface area contributed by atoms with Crippen LogP contribution in [0.1, 0.15) is 55.3 Å². The Balaban J connectivity index is 0.00000484. The Hall–Kier alpha value is -1.63. The molecule has 0 heterocycles. The highest BCUT2D eigenvalue weighted by molar-refractivity contribution is 5.72. The van der Waals surface area contributed by atoms with Crippen LogP contribution in [0.2, 0.25) is 0 Å². The van der Waals surface area contributed by atoms with Gasteiger partial charge in [0.1, 0.15) is 0 Å². The van der Waals surface area contributed by atoms with E-state index in [0.29, 0.717) is 5.41 Å². The first-order valence-electron chi connectivity index (χ1n) is 8.19. The largest absolute Gasteiger partial charge is 1.00 e. The van der Waals surface area contributed by atoms with Gasteiger partial charge in [-0.15, -0.1) is 0 Å². The second-order valence-corrected chi connectivity index (χ2v) is 6.85. The first-order chi connectivity index (χ1) is 10.4. The fourth-order valence-corrected chi connectivity index (χ4v) is 2.88. The van der Waals surface area contributed by atoms with Crippen LogP contribution in [0.3, 0.4) is 0 Å². The highest BCUT2D eigenvalue weighted by Crippen LogP contribution is 2.40. The van der Waals surface area contributed by atoms with Crippen molar-refractivity contribution in [3.8, 4) is 0 Å². The minimum Gasteiger partial charge on any atom is -0.297 e. The Bertz CT molecular complexity index is 554. The number of allylic oxidation sites excluding steroid dienone is 10. The maximum Gasteiger partial charge on any atom is 1.00 e. The molecule has 0 saturated heterocycles. The van der Waals surface area contributed by atoms with Gasteiger partial charge in [-0.2, -0.15) is 0 Å². The van der Waals surface area contributed by atoms with Gasteiger partial charge in [0, 0.05) is 13.3 Å². The van der Waals surface area contributed by atoms with Crippen molar-refractivity contribution in [2.75, 3.05) is 7.05 Å². The molecule has 1 rings (SSSR count). The van der Waals surface area contributed by atoms with Gasteiger partial charge < -0.3 is 0 Å². The molecule has 0 saturated carbocycles. The monoisotopic (exact) mass is 298 g/mol. The van der Waals surface area contributed by atoms with Crippen molar-refractivity contribution in [3.05, 3.63) is 58.7 Å². The van der Waals surface area contributed by atoms with E-state index in [9.17, 15) is 0 Å². The number of rotatable bonds is 5. The van der Waals surface area contributed by atoms with E-state index in [1.807, 2.05) is 12.3 Å². The van der Waals surface area contributed by atoms with E-state index in [0.717, 1.165) is 0 Å². The topological polar surface area (TPSA) is 12.4 Å². The Morgan fingerprint density at radius 2 is 1.82 bits per heavy atom. The normalized spacial score (nSPS) is 20.8. The summed E-state index contributed by atoms with van der Waals surface area (Å²) in [6, 6.07) is 0. The predicted octanol–water partition coefficient (Wildman–Crippen LogP) is 6.33. The highest BCUT2D eigenvalue weighted by Gasteiger charge is 2.26. The molecule has 0 radical (unpaired) electrons. The van der Waals surface area contributed by atoms with Crippen LogP contribution in [0.4, 0.5) is 0 Å². The standard InChI is InChI=1S/C21H31N/c1-17(9-7-10-18(2)14-16-22-6)12-13-20-19(3)11-8-15-21(20,4)5/h7,9-10,12-14,16H,8,11,15H2,1-6H3/p+1/b10-7-,13-12+,17-9+,18-14+,22-16?. The summed E-state index contributed by atoms with van der Waals surface area (Å²) in [5, 5.41) is 0. The first kappa shape index (κ1) is 18.4. The minimum atomic E-state index is 0. The molecule has 0 N–H and O–H groups in total. The Labute approximate surface area is 138 Å². The van der Waals surface area contributed by atoms with E-state index >= 15 is 0 Å². The SMILES string of the molecule is CN=C/C=C(C)/C=C\C=C(C)\C=C\C1=C(C)CCCC1(C)C.[H+]. The van der Waals surface area contributed by atoms with E-state index in [2.05, 4.69) is 70.0 Å². The molecule has 0 atom stereocenters. The highest BCUT2D eigenvalue weighted by atomic mass is 14.6. The van der Waals surface area contributed by atoms with Crippen LogP contribution in [0.25, 0.3) is 0 Å². The lowest BCUT2D eigenvalue weighted by atomic mass is 9.72. The van der Waals surface area contributed by atoms with Crippen molar-refractivity contribution in [2.45, 2.75) is 53.9 Å². The number of hydrogen-bond donors (Lipinski definition) is 0. The average Bonchev–Trinajstić information content (AvgIpc) is 2.43. The smallest absolute Gasteiger partial charge is 0.297 e. The summed E-state index contributed by atoms with van der Waals surface area (Å²) < 4.78 is 0. The van der Waals surface area contributed by atoms with E-state index in [1.54, 1.807) is 12.6 Å².